The molecule has 5 heteroatoms. The van der Waals surface area contributed by atoms with Crippen LogP contribution in [0.25, 0.3) is 10.8 Å². The number of hydrogen-bond donors (Lipinski definition) is 2. The van der Waals surface area contributed by atoms with E-state index in [0.29, 0.717) is 13.2 Å². The Kier molecular flexibility index (Phi) is 7.01. The van der Waals surface area contributed by atoms with Crippen molar-refractivity contribution < 1.29 is 9.53 Å². The third-order valence-corrected chi connectivity index (χ3v) is 2.83. The molecule has 0 radical (unpaired) electrons. The molecule has 0 aliphatic heterocycles. The number of halogens is 1. The predicted octanol–water partition coefficient (Wildman–Crippen LogP) is 2.44. The van der Waals surface area contributed by atoms with Gasteiger partial charge in [0.1, 0.15) is 0 Å². The molecular formula is C15H19ClN2O2. The van der Waals surface area contributed by atoms with E-state index >= 15 is 0 Å². The number of carbonyl (C=O) groups is 1. The lowest BCUT2D eigenvalue weighted by atomic mass is 10.1. The first-order valence-corrected chi connectivity index (χ1v) is 6.28. The van der Waals surface area contributed by atoms with E-state index < -0.39 is 0 Å². The van der Waals surface area contributed by atoms with Crippen LogP contribution in [-0.4, -0.2) is 32.7 Å². The molecule has 0 spiro atoms. The van der Waals surface area contributed by atoms with E-state index in [1.54, 1.807) is 7.11 Å². The molecule has 2 rings (SSSR count). The summed E-state index contributed by atoms with van der Waals surface area (Å²) in [5, 5.41) is 8.11. The zero-order chi connectivity index (χ0) is 13.5. The molecule has 0 unspecified atom stereocenters. The summed E-state index contributed by atoms with van der Waals surface area (Å²) in [6.45, 7) is 1.55. The number of nitrogens with one attached hydrogen (secondary N) is 2. The third kappa shape index (κ3) is 4.49. The van der Waals surface area contributed by atoms with Crippen molar-refractivity contribution in [2.75, 3.05) is 32.1 Å². The van der Waals surface area contributed by atoms with Crippen LogP contribution in [0.4, 0.5) is 5.69 Å². The molecule has 108 valence electrons. The van der Waals surface area contributed by atoms with Crippen LogP contribution in [0, 0.1) is 0 Å². The highest BCUT2D eigenvalue weighted by molar-refractivity contribution is 6.02. The molecule has 0 saturated heterocycles. The van der Waals surface area contributed by atoms with Gasteiger partial charge in [0.05, 0.1) is 13.2 Å². The van der Waals surface area contributed by atoms with Crippen LogP contribution in [-0.2, 0) is 9.53 Å². The highest BCUT2D eigenvalue weighted by atomic mass is 35.5. The van der Waals surface area contributed by atoms with Crippen molar-refractivity contribution >= 4 is 34.8 Å². The van der Waals surface area contributed by atoms with Crippen molar-refractivity contribution in [1.82, 2.24) is 5.32 Å². The zero-order valence-corrected chi connectivity index (χ0v) is 12.2. The molecule has 0 heterocycles. The molecule has 0 saturated carbocycles. The summed E-state index contributed by atoms with van der Waals surface area (Å²) in [5.74, 6) is -0.0487. The Balaban J connectivity index is 0.00000200. The first-order chi connectivity index (χ1) is 9.31. The van der Waals surface area contributed by atoms with Crippen molar-refractivity contribution in [2.45, 2.75) is 0 Å². The van der Waals surface area contributed by atoms with Gasteiger partial charge in [-0.15, -0.1) is 12.4 Å². The maximum atomic E-state index is 11.8. The monoisotopic (exact) mass is 294 g/mol. The number of rotatable bonds is 6. The van der Waals surface area contributed by atoms with Gasteiger partial charge in [0.25, 0.3) is 0 Å². The van der Waals surface area contributed by atoms with E-state index in [2.05, 4.69) is 10.6 Å². The van der Waals surface area contributed by atoms with Crippen LogP contribution < -0.4 is 10.6 Å². The van der Waals surface area contributed by atoms with Crippen molar-refractivity contribution in [3.8, 4) is 0 Å². The molecule has 0 fully saturated rings. The number of anilines is 1. The Morgan fingerprint density at radius 3 is 2.70 bits per heavy atom. The van der Waals surface area contributed by atoms with Crippen molar-refractivity contribution in [3.63, 3.8) is 0 Å². The molecule has 20 heavy (non-hydrogen) atoms. The normalized spacial score (nSPS) is 10.1. The van der Waals surface area contributed by atoms with Crippen LogP contribution in [0.5, 0.6) is 0 Å². The van der Waals surface area contributed by atoms with E-state index in [9.17, 15) is 4.79 Å². The average Bonchev–Trinajstić information content (AvgIpc) is 2.44. The van der Waals surface area contributed by atoms with Gasteiger partial charge in [0.2, 0.25) is 5.91 Å². The first-order valence-electron chi connectivity index (χ1n) is 6.28. The Morgan fingerprint density at radius 2 is 1.90 bits per heavy atom. The minimum Gasteiger partial charge on any atom is -0.383 e. The third-order valence-electron chi connectivity index (χ3n) is 2.83. The van der Waals surface area contributed by atoms with E-state index in [1.165, 1.54) is 0 Å². The second-order valence-corrected chi connectivity index (χ2v) is 4.24. The van der Waals surface area contributed by atoms with Gasteiger partial charge in [-0.1, -0.05) is 36.4 Å². The highest BCUT2D eigenvalue weighted by Crippen LogP contribution is 2.22. The topological polar surface area (TPSA) is 50.4 Å². The number of hydrogen-bond acceptors (Lipinski definition) is 3. The molecular weight excluding hydrogens is 276 g/mol. The molecule has 2 N–H and O–H groups in total. The van der Waals surface area contributed by atoms with Gasteiger partial charge < -0.3 is 15.4 Å². The van der Waals surface area contributed by atoms with E-state index in [4.69, 9.17) is 4.74 Å². The Hall–Kier alpha value is -1.62. The lowest BCUT2D eigenvalue weighted by Gasteiger charge is -2.09. The number of carbonyl (C=O) groups excluding carboxylic acids is 1. The zero-order valence-electron chi connectivity index (χ0n) is 11.4. The molecule has 2 aromatic carbocycles. The number of methoxy groups -OCH3 is 1. The standard InChI is InChI=1S/C15H18N2O2.ClH/c1-19-10-9-16-11-15(18)17-14-8-4-6-12-5-2-3-7-13(12)14;/h2-8,16H,9-11H2,1H3,(H,17,18);1H. The molecule has 0 atom stereocenters. The molecule has 0 aromatic heterocycles. The van der Waals surface area contributed by atoms with E-state index in [1.807, 2.05) is 42.5 Å². The maximum Gasteiger partial charge on any atom is 0.238 e. The van der Waals surface area contributed by atoms with Crippen molar-refractivity contribution in [3.05, 3.63) is 42.5 Å². The van der Waals surface area contributed by atoms with Crippen LogP contribution in [0.3, 0.4) is 0 Å². The van der Waals surface area contributed by atoms with Gasteiger partial charge in [0.15, 0.2) is 0 Å². The van der Waals surface area contributed by atoms with Crippen LogP contribution in [0.2, 0.25) is 0 Å². The number of ether oxygens (including phenoxy) is 1. The highest BCUT2D eigenvalue weighted by Gasteiger charge is 2.04. The van der Waals surface area contributed by atoms with Gasteiger partial charge in [-0.3, -0.25) is 4.79 Å². The average molecular weight is 295 g/mol. The van der Waals surface area contributed by atoms with E-state index in [-0.39, 0.29) is 24.9 Å². The Bertz CT molecular complexity index is 555. The smallest absolute Gasteiger partial charge is 0.238 e. The Labute approximate surface area is 124 Å². The van der Waals surface area contributed by atoms with Crippen molar-refractivity contribution in [1.29, 1.82) is 0 Å². The molecule has 0 aliphatic rings. The first kappa shape index (κ1) is 16.4. The lowest BCUT2D eigenvalue weighted by Crippen LogP contribution is -2.30. The van der Waals surface area contributed by atoms with Crippen LogP contribution in [0.15, 0.2) is 42.5 Å². The molecule has 1 amide bonds. The van der Waals surface area contributed by atoms with Crippen molar-refractivity contribution in [2.24, 2.45) is 0 Å². The van der Waals surface area contributed by atoms with Gasteiger partial charge in [0, 0.05) is 24.7 Å². The quantitative estimate of drug-likeness (QED) is 0.805. The molecule has 4 nitrogen and oxygen atoms in total. The van der Waals surface area contributed by atoms with E-state index in [0.717, 1.165) is 16.5 Å². The summed E-state index contributed by atoms with van der Waals surface area (Å²) in [6.07, 6.45) is 0. The molecule has 0 bridgehead atoms. The fraction of sp³-hybridized carbons (Fsp3) is 0.267. The van der Waals surface area contributed by atoms with Crippen LogP contribution in [0.1, 0.15) is 0 Å². The fourth-order valence-electron chi connectivity index (χ4n) is 1.90. The summed E-state index contributed by atoms with van der Waals surface area (Å²) in [4.78, 5) is 11.8. The van der Waals surface area contributed by atoms with Gasteiger partial charge in [-0.25, -0.2) is 0 Å². The number of fused-ring (bicyclic) bond motifs is 1. The fourth-order valence-corrected chi connectivity index (χ4v) is 1.90. The number of amides is 1. The minimum atomic E-state index is -0.0487. The Morgan fingerprint density at radius 1 is 1.15 bits per heavy atom. The summed E-state index contributed by atoms with van der Waals surface area (Å²) in [5.41, 5.74) is 0.844. The van der Waals surface area contributed by atoms with Gasteiger partial charge in [-0.05, 0) is 11.5 Å². The lowest BCUT2D eigenvalue weighted by molar-refractivity contribution is -0.115. The maximum absolute atomic E-state index is 11.8. The molecule has 0 aliphatic carbocycles. The summed E-state index contributed by atoms with van der Waals surface area (Å²) in [7, 11) is 1.64. The van der Waals surface area contributed by atoms with Gasteiger partial charge >= 0.3 is 0 Å². The second-order valence-electron chi connectivity index (χ2n) is 4.24. The predicted molar refractivity (Wildman–Crippen MR) is 84.6 cm³/mol. The summed E-state index contributed by atoms with van der Waals surface area (Å²) >= 11 is 0. The summed E-state index contributed by atoms with van der Waals surface area (Å²) in [6, 6.07) is 13.9. The summed E-state index contributed by atoms with van der Waals surface area (Å²) < 4.78 is 4.91. The van der Waals surface area contributed by atoms with Crippen LogP contribution >= 0.6 is 12.4 Å². The minimum absolute atomic E-state index is 0. The molecule has 2 aromatic rings. The second kappa shape index (κ2) is 8.53. The largest absolute Gasteiger partial charge is 0.383 e. The number of benzene rings is 2. The van der Waals surface area contributed by atoms with Gasteiger partial charge in [-0.2, -0.15) is 0 Å². The SMILES string of the molecule is COCCNCC(=O)Nc1cccc2ccccc12.Cl.